The third-order valence-electron chi connectivity index (χ3n) is 1.75. The van der Waals surface area contributed by atoms with Crippen molar-refractivity contribution >= 4 is 11.6 Å². The van der Waals surface area contributed by atoms with E-state index in [0.29, 0.717) is 13.0 Å². The van der Waals surface area contributed by atoms with Crippen molar-refractivity contribution in [3.05, 3.63) is 0 Å². The van der Waals surface area contributed by atoms with Crippen molar-refractivity contribution in [3.8, 4) is 0 Å². The van der Waals surface area contributed by atoms with Crippen LogP contribution in [0.3, 0.4) is 0 Å². The fourth-order valence-electron chi connectivity index (χ4n) is 1.07. The summed E-state index contributed by atoms with van der Waals surface area (Å²) >= 11 is 4.62. The zero-order chi connectivity index (χ0) is 8.48. The van der Waals surface area contributed by atoms with Crippen molar-refractivity contribution in [2.75, 3.05) is 13.2 Å². The minimum Gasteiger partial charge on any atom is -0.385 e. The van der Waals surface area contributed by atoms with E-state index in [9.17, 15) is 8.78 Å². The molecule has 0 aromatic heterocycles. The summed E-state index contributed by atoms with van der Waals surface area (Å²) in [6.45, 7) is 0.595. The van der Waals surface area contributed by atoms with Crippen LogP contribution in [-0.4, -0.2) is 29.8 Å². The molecule has 0 aromatic carbocycles. The van der Waals surface area contributed by atoms with Crippen LogP contribution in [0.2, 0.25) is 0 Å². The fraction of sp³-hybridized carbons (Fsp3) is 1.00. The highest BCUT2D eigenvalue weighted by Gasteiger charge is 2.42. The number of rotatable bonds is 2. The van der Waals surface area contributed by atoms with E-state index in [2.05, 4.69) is 11.6 Å². The second-order valence-electron chi connectivity index (χ2n) is 2.61. The second kappa shape index (κ2) is 3.21. The molecule has 1 heterocycles. The van der Waals surface area contributed by atoms with E-state index in [1.807, 2.05) is 0 Å². The predicted octanol–water partition coefficient (Wildman–Crippen LogP) is 1.22. The first-order chi connectivity index (χ1) is 5.02. The van der Waals surface area contributed by atoms with Crippen molar-refractivity contribution in [3.63, 3.8) is 0 Å². The summed E-state index contributed by atoms with van der Waals surface area (Å²) in [7, 11) is 0. The van der Waals surface area contributed by atoms with E-state index >= 15 is 0 Å². The van der Waals surface area contributed by atoms with Crippen LogP contribution in [0.4, 0.5) is 8.78 Å². The number of halogens is 3. The average molecular weight is 187 g/mol. The normalized spacial score (nSPS) is 28.9. The van der Waals surface area contributed by atoms with Crippen LogP contribution >= 0.6 is 11.6 Å². The topological polar surface area (TPSA) is 29.5 Å². The first kappa shape index (κ1) is 9.16. The van der Waals surface area contributed by atoms with Crippen LogP contribution < -0.4 is 0 Å². The van der Waals surface area contributed by atoms with Gasteiger partial charge in [0.05, 0.1) is 6.61 Å². The van der Waals surface area contributed by atoms with Gasteiger partial charge in [-0.2, -0.15) is 8.78 Å². The first-order valence-corrected chi connectivity index (χ1v) is 3.72. The Bertz CT molecular complexity index is 131. The number of aliphatic hydroxyl groups excluding tert-OH is 1. The van der Waals surface area contributed by atoms with Crippen LogP contribution in [0.15, 0.2) is 0 Å². The number of ether oxygens (including phenoxy) is 1. The van der Waals surface area contributed by atoms with Crippen molar-refractivity contribution in [2.45, 2.75) is 17.9 Å². The van der Waals surface area contributed by atoms with Gasteiger partial charge in [-0.1, -0.05) is 0 Å². The molecule has 0 bridgehead atoms. The lowest BCUT2D eigenvalue weighted by Crippen LogP contribution is -2.35. The minimum atomic E-state index is -3.53. The van der Waals surface area contributed by atoms with Crippen molar-refractivity contribution in [2.24, 2.45) is 5.92 Å². The Morgan fingerprint density at radius 3 is 2.64 bits per heavy atom. The lowest BCUT2D eigenvalue weighted by Gasteiger charge is -2.20. The van der Waals surface area contributed by atoms with E-state index in [1.54, 1.807) is 0 Å². The number of hydrogen-bond acceptors (Lipinski definition) is 2. The summed E-state index contributed by atoms with van der Waals surface area (Å²) in [6.07, 6.45) is -1.34. The summed E-state index contributed by atoms with van der Waals surface area (Å²) in [5, 5.41) is 5.39. The molecule has 0 radical (unpaired) electrons. The Morgan fingerprint density at radius 2 is 2.27 bits per heavy atom. The van der Waals surface area contributed by atoms with Crippen LogP contribution in [0.5, 0.6) is 0 Å². The maximum absolute atomic E-state index is 12.2. The molecule has 0 amide bonds. The van der Waals surface area contributed by atoms with Gasteiger partial charge in [0.2, 0.25) is 0 Å². The van der Waals surface area contributed by atoms with Gasteiger partial charge in [0.15, 0.2) is 0 Å². The Balaban J connectivity index is 2.46. The molecule has 5 heteroatoms. The van der Waals surface area contributed by atoms with Crippen LogP contribution in [-0.2, 0) is 4.74 Å². The van der Waals surface area contributed by atoms with Gasteiger partial charge in [-0.3, -0.25) is 0 Å². The molecule has 1 aliphatic rings. The van der Waals surface area contributed by atoms with Crippen molar-refractivity contribution in [1.82, 2.24) is 0 Å². The fourth-order valence-corrected chi connectivity index (χ4v) is 1.25. The summed E-state index contributed by atoms with van der Waals surface area (Å²) in [6, 6.07) is 0. The predicted molar refractivity (Wildman–Crippen MR) is 35.7 cm³/mol. The molecule has 0 aliphatic carbocycles. The largest absolute Gasteiger partial charge is 0.385 e. The monoisotopic (exact) mass is 186 g/mol. The lowest BCUT2D eigenvalue weighted by atomic mass is 10.0. The Hall–Kier alpha value is 0.0700. The molecule has 1 fully saturated rings. The molecule has 0 saturated carbocycles. The second-order valence-corrected chi connectivity index (χ2v) is 3.11. The maximum Gasteiger partial charge on any atom is 0.347 e. The molecular weight excluding hydrogens is 178 g/mol. The Morgan fingerprint density at radius 1 is 1.64 bits per heavy atom. The van der Waals surface area contributed by atoms with Gasteiger partial charge in [-0.25, -0.2) is 0 Å². The molecule has 0 spiro atoms. The third kappa shape index (κ3) is 2.25. The van der Waals surface area contributed by atoms with Gasteiger partial charge < -0.3 is 9.84 Å². The van der Waals surface area contributed by atoms with Crippen molar-refractivity contribution in [1.29, 1.82) is 0 Å². The van der Waals surface area contributed by atoms with E-state index in [1.165, 1.54) is 0 Å². The first-order valence-electron chi connectivity index (χ1n) is 3.34. The molecule has 1 aliphatic heterocycles. The highest BCUT2D eigenvalue weighted by Crippen LogP contribution is 2.31. The summed E-state index contributed by atoms with van der Waals surface area (Å²) in [5.41, 5.74) is 0. The highest BCUT2D eigenvalue weighted by molar-refractivity contribution is 6.22. The van der Waals surface area contributed by atoms with Gasteiger partial charge in [-0.05, 0) is 18.0 Å². The van der Waals surface area contributed by atoms with E-state index < -0.39 is 17.4 Å². The molecular formula is C6H9ClF2O2. The molecule has 2 atom stereocenters. The molecule has 2 nitrogen and oxygen atoms in total. The minimum absolute atomic E-state index is 0.170. The Labute approximate surface area is 68.1 Å². The molecule has 1 N–H and O–H groups in total. The summed E-state index contributed by atoms with van der Waals surface area (Å²) in [4.78, 5) is 0. The van der Waals surface area contributed by atoms with E-state index in [4.69, 9.17) is 9.84 Å². The van der Waals surface area contributed by atoms with E-state index in [-0.39, 0.29) is 6.61 Å². The zero-order valence-electron chi connectivity index (χ0n) is 5.77. The SMILES string of the molecule is OC(C1CCOC1)C(F)(F)Cl. The zero-order valence-corrected chi connectivity index (χ0v) is 6.52. The molecule has 1 rings (SSSR count). The van der Waals surface area contributed by atoms with E-state index in [0.717, 1.165) is 0 Å². The van der Waals surface area contributed by atoms with Crippen LogP contribution in [0.25, 0.3) is 0 Å². The maximum atomic E-state index is 12.2. The van der Waals surface area contributed by atoms with Crippen LogP contribution in [0.1, 0.15) is 6.42 Å². The molecule has 1 saturated heterocycles. The van der Waals surface area contributed by atoms with Crippen LogP contribution in [0, 0.1) is 5.92 Å². The quantitative estimate of drug-likeness (QED) is 0.657. The third-order valence-corrected chi connectivity index (χ3v) is 1.97. The summed E-state index contributed by atoms with van der Waals surface area (Å²) in [5.74, 6) is -0.525. The lowest BCUT2D eigenvalue weighted by molar-refractivity contribution is -0.0713. The smallest absolute Gasteiger partial charge is 0.347 e. The Kier molecular flexibility index (Phi) is 2.67. The van der Waals surface area contributed by atoms with Gasteiger partial charge >= 0.3 is 5.38 Å². The molecule has 2 unspecified atom stereocenters. The standard InChI is InChI=1S/C6H9ClF2O2/c7-6(8,9)5(10)4-1-2-11-3-4/h4-5,10H,1-3H2. The summed E-state index contributed by atoms with van der Waals surface area (Å²) < 4.78 is 29.3. The average Bonchev–Trinajstić information content (AvgIpc) is 2.34. The van der Waals surface area contributed by atoms with Crippen molar-refractivity contribution < 1.29 is 18.6 Å². The number of aliphatic hydroxyl groups is 1. The van der Waals surface area contributed by atoms with Gasteiger partial charge in [-0.15, -0.1) is 0 Å². The van der Waals surface area contributed by atoms with Gasteiger partial charge in [0.25, 0.3) is 0 Å². The molecule has 66 valence electrons. The molecule has 11 heavy (non-hydrogen) atoms. The number of hydrogen-bond donors (Lipinski definition) is 1. The van der Waals surface area contributed by atoms with Gasteiger partial charge in [0, 0.05) is 12.5 Å². The van der Waals surface area contributed by atoms with Gasteiger partial charge in [0.1, 0.15) is 6.10 Å². The number of alkyl halides is 3. The molecule has 0 aromatic rings. The highest BCUT2D eigenvalue weighted by atomic mass is 35.5.